The summed E-state index contributed by atoms with van der Waals surface area (Å²) in [7, 11) is 1.95. The van der Waals surface area contributed by atoms with Crippen LogP contribution in [0.5, 0.6) is 0 Å². The third kappa shape index (κ3) is 5.32. The zero-order valence-corrected chi connectivity index (χ0v) is 16.8. The van der Waals surface area contributed by atoms with Crippen molar-refractivity contribution in [2.45, 2.75) is 39.3 Å². The zero-order chi connectivity index (χ0) is 19.1. The van der Waals surface area contributed by atoms with Crippen molar-refractivity contribution in [3.8, 4) is 0 Å². The summed E-state index contributed by atoms with van der Waals surface area (Å²) in [6.45, 7) is 8.88. The molecule has 0 spiro atoms. The Balaban J connectivity index is 1.69. The van der Waals surface area contributed by atoms with E-state index >= 15 is 0 Å². The summed E-state index contributed by atoms with van der Waals surface area (Å²) in [5.74, 6) is 0.856. The fourth-order valence-electron chi connectivity index (χ4n) is 3.55. The molecule has 1 aromatic carbocycles. The Bertz CT molecular complexity index is 727. The number of aromatic nitrogens is 2. The molecule has 1 unspecified atom stereocenters. The van der Waals surface area contributed by atoms with Gasteiger partial charge in [-0.2, -0.15) is 5.10 Å². The standard InChI is InChI=1S/C21H32N6/c1-4-22-21(23-15-19-11-12-25-26(19)3)24-16-20(27-13-5-6-14-27)18-9-7-17(2)8-10-18/h7-12,20H,4-6,13-16H2,1-3H3,(H2,22,23,24). The van der Waals surface area contributed by atoms with Crippen LogP contribution in [0.3, 0.4) is 0 Å². The average Bonchev–Trinajstić information content (AvgIpc) is 3.33. The summed E-state index contributed by atoms with van der Waals surface area (Å²) in [5.41, 5.74) is 3.78. The number of rotatable bonds is 7. The summed E-state index contributed by atoms with van der Waals surface area (Å²) in [6, 6.07) is 11.3. The molecule has 1 saturated heterocycles. The monoisotopic (exact) mass is 368 g/mol. The van der Waals surface area contributed by atoms with Crippen molar-refractivity contribution in [1.29, 1.82) is 0 Å². The lowest BCUT2D eigenvalue weighted by atomic mass is 10.0. The number of nitrogens with zero attached hydrogens (tertiary/aromatic N) is 4. The molecule has 0 bridgehead atoms. The van der Waals surface area contributed by atoms with Gasteiger partial charge in [-0.3, -0.25) is 9.58 Å². The summed E-state index contributed by atoms with van der Waals surface area (Å²) in [4.78, 5) is 7.32. The van der Waals surface area contributed by atoms with Crippen LogP contribution in [-0.4, -0.2) is 46.8 Å². The van der Waals surface area contributed by atoms with Gasteiger partial charge >= 0.3 is 0 Å². The van der Waals surface area contributed by atoms with Gasteiger partial charge in [0.05, 0.1) is 18.3 Å². The molecule has 146 valence electrons. The molecule has 2 heterocycles. The van der Waals surface area contributed by atoms with E-state index in [0.717, 1.165) is 24.7 Å². The van der Waals surface area contributed by atoms with Crippen LogP contribution in [0, 0.1) is 6.92 Å². The molecule has 27 heavy (non-hydrogen) atoms. The first-order valence-corrected chi connectivity index (χ1v) is 9.97. The van der Waals surface area contributed by atoms with E-state index in [1.807, 2.05) is 24.0 Å². The highest BCUT2D eigenvalue weighted by molar-refractivity contribution is 5.79. The minimum absolute atomic E-state index is 0.369. The van der Waals surface area contributed by atoms with Crippen LogP contribution < -0.4 is 10.6 Å². The zero-order valence-electron chi connectivity index (χ0n) is 16.8. The quantitative estimate of drug-likeness (QED) is 0.583. The summed E-state index contributed by atoms with van der Waals surface area (Å²) >= 11 is 0. The molecule has 0 amide bonds. The fraction of sp³-hybridized carbons (Fsp3) is 0.524. The van der Waals surface area contributed by atoms with E-state index < -0.39 is 0 Å². The Hall–Kier alpha value is -2.34. The Morgan fingerprint density at radius 3 is 2.52 bits per heavy atom. The Morgan fingerprint density at radius 2 is 1.89 bits per heavy atom. The number of guanidine groups is 1. The lowest BCUT2D eigenvalue weighted by Gasteiger charge is -2.29. The van der Waals surface area contributed by atoms with Crippen molar-refractivity contribution in [1.82, 2.24) is 25.3 Å². The van der Waals surface area contributed by atoms with Crippen molar-refractivity contribution in [3.05, 3.63) is 53.3 Å². The van der Waals surface area contributed by atoms with Crippen molar-refractivity contribution >= 4 is 5.96 Å². The molecular weight excluding hydrogens is 336 g/mol. The lowest BCUT2D eigenvalue weighted by Crippen LogP contribution is -2.42. The molecule has 6 nitrogen and oxygen atoms in total. The largest absolute Gasteiger partial charge is 0.357 e. The van der Waals surface area contributed by atoms with Gasteiger partial charge in [-0.1, -0.05) is 29.8 Å². The predicted octanol–water partition coefficient (Wildman–Crippen LogP) is 2.62. The van der Waals surface area contributed by atoms with Crippen LogP contribution in [0.25, 0.3) is 0 Å². The molecule has 1 fully saturated rings. The van der Waals surface area contributed by atoms with E-state index in [2.05, 4.69) is 58.7 Å². The maximum Gasteiger partial charge on any atom is 0.191 e. The summed E-state index contributed by atoms with van der Waals surface area (Å²) < 4.78 is 1.87. The van der Waals surface area contributed by atoms with Gasteiger partial charge in [0, 0.05) is 26.3 Å². The predicted molar refractivity (Wildman–Crippen MR) is 111 cm³/mol. The molecule has 1 atom stereocenters. The average molecular weight is 369 g/mol. The molecular formula is C21H32N6. The van der Waals surface area contributed by atoms with E-state index in [1.165, 1.54) is 37.1 Å². The topological polar surface area (TPSA) is 57.5 Å². The van der Waals surface area contributed by atoms with Crippen LogP contribution in [0.15, 0.2) is 41.5 Å². The Morgan fingerprint density at radius 1 is 1.15 bits per heavy atom. The third-order valence-electron chi connectivity index (χ3n) is 5.17. The second-order valence-electron chi connectivity index (χ2n) is 7.19. The van der Waals surface area contributed by atoms with Crippen molar-refractivity contribution in [2.75, 3.05) is 26.2 Å². The second kappa shape index (κ2) is 9.55. The first-order chi connectivity index (χ1) is 13.2. The van der Waals surface area contributed by atoms with Crippen LogP contribution in [0.2, 0.25) is 0 Å². The summed E-state index contributed by atoms with van der Waals surface area (Å²) in [5, 5.41) is 11.1. The van der Waals surface area contributed by atoms with E-state index in [0.29, 0.717) is 12.6 Å². The van der Waals surface area contributed by atoms with Gasteiger partial charge < -0.3 is 10.6 Å². The molecule has 1 aliphatic rings. The molecule has 3 rings (SSSR count). The first kappa shape index (κ1) is 19.4. The van der Waals surface area contributed by atoms with Crippen LogP contribution >= 0.6 is 0 Å². The molecule has 1 aromatic heterocycles. The molecule has 6 heteroatoms. The smallest absolute Gasteiger partial charge is 0.191 e. The van der Waals surface area contributed by atoms with Crippen LogP contribution in [0.1, 0.15) is 42.6 Å². The van der Waals surface area contributed by atoms with Crippen LogP contribution in [0.4, 0.5) is 0 Å². The van der Waals surface area contributed by atoms with Gasteiger partial charge in [0.25, 0.3) is 0 Å². The Kier molecular flexibility index (Phi) is 6.87. The van der Waals surface area contributed by atoms with E-state index in [4.69, 9.17) is 4.99 Å². The summed E-state index contributed by atoms with van der Waals surface area (Å²) in [6.07, 6.45) is 4.39. The fourth-order valence-corrected chi connectivity index (χ4v) is 3.55. The second-order valence-corrected chi connectivity index (χ2v) is 7.19. The first-order valence-electron chi connectivity index (χ1n) is 9.97. The molecule has 0 aliphatic carbocycles. The lowest BCUT2D eigenvalue weighted by molar-refractivity contribution is 0.245. The number of aliphatic imine (C=N–C) groups is 1. The van der Waals surface area contributed by atoms with Gasteiger partial charge in [0.2, 0.25) is 0 Å². The van der Waals surface area contributed by atoms with Gasteiger partial charge in [-0.05, 0) is 51.4 Å². The van der Waals surface area contributed by atoms with Gasteiger partial charge in [0.1, 0.15) is 0 Å². The van der Waals surface area contributed by atoms with Crippen LogP contribution in [-0.2, 0) is 13.6 Å². The SMILES string of the molecule is CCNC(=NCc1ccnn1C)NCC(c1ccc(C)cc1)N1CCCC1. The van der Waals surface area contributed by atoms with Crippen molar-refractivity contribution in [2.24, 2.45) is 12.0 Å². The molecule has 0 saturated carbocycles. The Labute approximate surface area is 162 Å². The van der Waals surface area contributed by atoms with Crippen molar-refractivity contribution in [3.63, 3.8) is 0 Å². The number of likely N-dealkylation sites (tertiary alicyclic amines) is 1. The minimum atomic E-state index is 0.369. The van der Waals surface area contributed by atoms with Gasteiger partial charge in [0.15, 0.2) is 5.96 Å². The van der Waals surface area contributed by atoms with Gasteiger partial charge in [-0.25, -0.2) is 4.99 Å². The number of hydrogen-bond donors (Lipinski definition) is 2. The minimum Gasteiger partial charge on any atom is -0.357 e. The van der Waals surface area contributed by atoms with E-state index in [-0.39, 0.29) is 0 Å². The molecule has 1 aliphatic heterocycles. The van der Waals surface area contributed by atoms with Gasteiger partial charge in [-0.15, -0.1) is 0 Å². The van der Waals surface area contributed by atoms with E-state index in [9.17, 15) is 0 Å². The molecule has 0 radical (unpaired) electrons. The van der Waals surface area contributed by atoms with E-state index in [1.54, 1.807) is 0 Å². The highest BCUT2D eigenvalue weighted by atomic mass is 15.3. The third-order valence-corrected chi connectivity index (χ3v) is 5.17. The highest BCUT2D eigenvalue weighted by Crippen LogP contribution is 2.24. The number of hydrogen-bond acceptors (Lipinski definition) is 3. The maximum absolute atomic E-state index is 4.74. The normalized spacial score (nSPS) is 16.5. The van der Waals surface area contributed by atoms with Crippen molar-refractivity contribution < 1.29 is 0 Å². The number of benzene rings is 1. The maximum atomic E-state index is 4.74. The number of aryl methyl sites for hydroxylation is 2. The molecule has 2 N–H and O–H groups in total. The highest BCUT2D eigenvalue weighted by Gasteiger charge is 2.23. The number of nitrogens with one attached hydrogen (secondary N) is 2. The molecule has 2 aromatic rings.